The Morgan fingerprint density at radius 2 is 0.362 bits per heavy atom. The molecule has 23 aromatic carbocycles. The van der Waals surface area contributed by atoms with Gasteiger partial charge in [0.1, 0.15) is 0 Å². The molecule has 0 bridgehead atoms. The molecule has 0 unspecified atom stereocenters. The molecule has 0 aliphatic heterocycles. The van der Waals surface area contributed by atoms with E-state index in [1.165, 1.54) is 137 Å². The van der Waals surface area contributed by atoms with Crippen molar-refractivity contribution in [1.82, 2.24) is 0 Å². The van der Waals surface area contributed by atoms with Crippen molar-refractivity contribution in [3.63, 3.8) is 0 Å². The zero-order chi connectivity index (χ0) is 86.2. The van der Waals surface area contributed by atoms with Gasteiger partial charge in [-0.25, -0.2) is 0 Å². The maximum atomic E-state index is 2.38. The summed E-state index contributed by atoms with van der Waals surface area (Å²) in [7, 11) is 0. The van der Waals surface area contributed by atoms with Gasteiger partial charge in [0.25, 0.3) is 0 Å². The van der Waals surface area contributed by atoms with E-state index in [4.69, 9.17) is 0 Å². The summed E-state index contributed by atoms with van der Waals surface area (Å²) in [4.78, 5) is 4.77. The Kier molecular flexibility index (Phi) is 20.4. The number of hydrogen-bond acceptors (Lipinski definition) is 2. The molecule has 0 N–H and O–H groups in total. The Morgan fingerprint density at radius 1 is 0.123 bits per heavy atom. The van der Waals surface area contributed by atoms with Gasteiger partial charge in [-0.3, -0.25) is 0 Å². The van der Waals surface area contributed by atoms with Crippen LogP contribution in [0.5, 0.6) is 0 Å². The molecule has 0 saturated carbocycles. The molecule has 2 nitrogen and oxygen atoms in total. The number of nitrogens with zero attached hydrogens (tertiary/aromatic N) is 2. The van der Waals surface area contributed by atoms with Gasteiger partial charge in [0.05, 0.1) is 0 Å². The molecule has 0 aliphatic rings. The predicted octanol–water partition coefficient (Wildman–Crippen LogP) is 36.0. The average Bonchev–Trinajstić information content (AvgIpc) is 0.733. The predicted molar refractivity (Wildman–Crippen MR) is 558 cm³/mol. The Morgan fingerprint density at radius 3 is 0.746 bits per heavy atom. The maximum Gasteiger partial charge on any atom is 0.0468 e. The van der Waals surface area contributed by atoms with Crippen LogP contribution in [0, 0.1) is 0 Å². The summed E-state index contributed by atoms with van der Waals surface area (Å²) in [6.07, 6.45) is 8.85. The molecule has 0 aromatic heterocycles. The molecule has 0 fully saturated rings. The fraction of sp³-hybridized carbons (Fsp3) is 0. The normalized spacial score (nSPS) is 11.6. The van der Waals surface area contributed by atoms with E-state index >= 15 is 0 Å². The van der Waals surface area contributed by atoms with E-state index in [0.717, 1.165) is 95.1 Å². The molecule has 23 rings (SSSR count). The lowest BCUT2D eigenvalue weighted by Crippen LogP contribution is -2.09. The van der Waals surface area contributed by atoms with Gasteiger partial charge in [-0.1, -0.05) is 437 Å². The third-order valence-electron chi connectivity index (χ3n) is 26.0. The highest BCUT2D eigenvalue weighted by Crippen LogP contribution is 2.49. The topological polar surface area (TPSA) is 6.48 Å². The van der Waals surface area contributed by atoms with Crippen LogP contribution in [0.1, 0.15) is 22.3 Å². The fourth-order valence-electron chi connectivity index (χ4n) is 19.6. The van der Waals surface area contributed by atoms with E-state index < -0.39 is 0 Å². The largest absolute Gasteiger partial charge is 0.311 e. The second-order valence-electron chi connectivity index (χ2n) is 33.8. The third kappa shape index (κ3) is 15.0. The standard InChI is InChI=1S/C128H86N2/c1-3-22-91(23-4-1)92-66-75-108(76-67-92)129(110-79-71-101(72-80-110)127-121-38-15-11-34-117(121)125(118-35-12-16-39-122(118)127)99-60-52-89(53-61-99)46-44-87-48-56-97(57-49-87)115-42-20-26-95-24-7-9-32-113(95)115)109-77-68-93(69-78-109)103-28-19-29-104(84-103)105-65-64-94-70-83-112(86-106(94)85-105)130(107-30-5-2-6-31-107)111-81-73-102(74-82-111)128-123-40-17-13-36-119(123)126(120-37-14-18-41-124(120)128)100-62-54-90(55-63-100)47-45-88-50-58-98(59-51-88)116-43-21-27-96-25-8-10-33-114(96)116/h1-86H. The van der Waals surface area contributed by atoms with Gasteiger partial charge in [0, 0.05) is 34.1 Å². The van der Waals surface area contributed by atoms with Gasteiger partial charge in [-0.15, -0.1) is 0 Å². The van der Waals surface area contributed by atoms with Crippen molar-refractivity contribution in [2.45, 2.75) is 0 Å². The summed E-state index contributed by atoms with van der Waals surface area (Å²) in [5.74, 6) is 0. The van der Waals surface area contributed by atoms with Crippen LogP contribution in [0.4, 0.5) is 34.1 Å². The second-order valence-corrected chi connectivity index (χ2v) is 33.8. The molecule has 130 heavy (non-hydrogen) atoms. The van der Waals surface area contributed by atoms with Gasteiger partial charge in [0.15, 0.2) is 0 Å². The molecule has 23 aromatic rings. The Hall–Kier alpha value is -17.0. The minimum Gasteiger partial charge on any atom is -0.311 e. The van der Waals surface area contributed by atoms with Gasteiger partial charge in [-0.2, -0.15) is 0 Å². The molecule has 0 aliphatic carbocycles. The van der Waals surface area contributed by atoms with Crippen molar-refractivity contribution in [1.29, 1.82) is 0 Å². The Balaban J connectivity index is 0.514. The summed E-state index contributed by atoms with van der Waals surface area (Å²) in [5, 5.41) is 17.1. The summed E-state index contributed by atoms with van der Waals surface area (Å²) in [5.41, 5.74) is 32.6. The lowest BCUT2D eigenvalue weighted by Gasteiger charge is -2.26. The number of fused-ring (bicyclic) bond motifs is 7. The van der Waals surface area contributed by atoms with E-state index in [9.17, 15) is 0 Å². The molecule has 608 valence electrons. The number of benzene rings is 23. The van der Waals surface area contributed by atoms with Crippen LogP contribution in [0.25, 0.3) is 200 Å². The van der Waals surface area contributed by atoms with Gasteiger partial charge in [-0.05, 0) is 283 Å². The molecule has 0 amide bonds. The van der Waals surface area contributed by atoms with E-state index in [1.54, 1.807) is 0 Å². The summed E-state index contributed by atoms with van der Waals surface area (Å²) < 4.78 is 0. The van der Waals surface area contributed by atoms with E-state index in [2.05, 4.69) is 532 Å². The molecule has 2 heteroatoms. The van der Waals surface area contributed by atoms with Gasteiger partial charge >= 0.3 is 0 Å². The third-order valence-corrected chi connectivity index (χ3v) is 26.0. The van der Waals surface area contributed by atoms with Gasteiger partial charge in [0.2, 0.25) is 0 Å². The number of hydrogen-bond donors (Lipinski definition) is 0. The van der Waals surface area contributed by atoms with Crippen molar-refractivity contribution in [2.75, 3.05) is 9.80 Å². The molecule has 0 spiro atoms. The van der Waals surface area contributed by atoms with Gasteiger partial charge < -0.3 is 9.80 Å². The van der Waals surface area contributed by atoms with Crippen LogP contribution in [-0.2, 0) is 0 Å². The molecule has 0 radical (unpaired) electrons. The minimum absolute atomic E-state index is 1.06. The quantitative estimate of drug-likeness (QED) is 0.0588. The molecule has 0 heterocycles. The minimum atomic E-state index is 1.06. The highest BCUT2D eigenvalue weighted by atomic mass is 15.1. The maximum absolute atomic E-state index is 2.38. The van der Waals surface area contributed by atoms with Crippen LogP contribution in [0.2, 0.25) is 0 Å². The SMILES string of the molecule is C(=Cc1ccc(-c2c3ccccc3c(-c3ccc(N(c4ccc(-c5ccccc5)cc4)c4ccc(-c5cccc(-c6ccc7ccc(N(c8ccccc8)c8ccc(-c9c%10ccccc%10c(-c%10ccc(C=Cc%11ccc(-c%12cccc%13ccccc%12%13)cc%11)cc%10)c%10ccccc9%10)cc8)cc7c6)c5)cc4)cc3)c3ccccc23)cc1)c1ccc(-c2cccc3ccccc23)cc1. The van der Waals surface area contributed by atoms with Crippen LogP contribution >= 0.6 is 0 Å². The van der Waals surface area contributed by atoms with E-state index in [1.807, 2.05) is 0 Å². The molecular weight excluding hydrogens is 1570 g/mol. The fourth-order valence-corrected chi connectivity index (χ4v) is 19.6. The first-order valence-electron chi connectivity index (χ1n) is 44.8. The van der Waals surface area contributed by atoms with E-state index in [-0.39, 0.29) is 0 Å². The number of rotatable bonds is 19. The van der Waals surface area contributed by atoms with Crippen molar-refractivity contribution in [3.05, 3.63) is 520 Å². The summed E-state index contributed by atoms with van der Waals surface area (Å²) >= 11 is 0. The summed E-state index contributed by atoms with van der Waals surface area (Å²) in [6.45, 7) is 0. The zero-order valence-electron chi connectivity index (χ0n) is 71.5. The lowest BCUT2D eigenvalue weighted by molar-refractivity contribution is 1.28. The first kappa shape index (κ1) is 77.7. The number of para-hydroxylation sites is 1. The first-order chi connectivity index (χ1) is 64.4. The number of anilines is 6. The van der Waals surface area contributed by atoms with Crippen LogP contribution < -0.4 is 9.80 Å². The van der Waals surface area contributed by atoms with Crippen LogP contribution in [0.15, 0.2) is 497 Å². The van der Waals surface area contributed by atoms with Crippen molar-refractivity contribution >= 4 is 134 Å². The monoisotopic (exact) mass is 1650 g/mol. The summed E-state index contributed by atoms with van der Waals surface area (Å²) in [6, 6.07) is 183. The Labute approximate surface area is 758 Å². The smallest absolute Gasteiger partial charge is 0.0468 e. The Bertz CT molecular complexity index is 8120. The van der Waals surface area contributed by atoms with Crippen LogP contribution in [0.3, 0.4) is 0 Å². The first-order valence-corrected chi connectivity index (χ1v) is 44.8. The highest BCUT2D eigenvalue weighted by Gasteiger charge is 2.23. The van der Waals surface area contributed by atoms with Crippen LogP contribution in [-0.4, -0.2) is 0 Å². The molecule has 0 saturated heterocycles. The van der Waals surface area contributed by atoms with Crippen molar-refractivity contribution in [3.8, 4) is 100 Å². The molecule has 0 atom stereocenters. The van der Waals surface area contributed by atoms with Crippen molar-refractivity contribution in [2.24, 2.45) is 0 Å². The highest BCUT2D eigenvalue weighted by molar-refractivity contribution is 6.23. The second kappa shape index (κ2) is 34.1. The zero-order valence-corrected chi connectivity index (χ0v) is 71.5. The lowest BCUT2D eigenvalue weighted by atomic mass is 9.86. The van der Waals surface area contributed by atoms with Crippen molar-refractivity contribution < 1.29 is 0 Å². The average molecular weight is 1650 g/mol. The molecular formula is C128H86N2. The van der Waals surface area contributed by atoms with E-state index in [0.29, 0.717) is 0 Å².